The molecule has 3 rings (SSSR count). The van der Waals surface area contributed by atoms with Crippen molar-refractivity contribution in [3.63, 3.8) is 0 Å². The van der Waals surface area contributed by atoms with Crippen LogP contribution in [-0.2, 0) is 0 Å². The van der Waals surface area contributed by atoms with E-state index in [4.69, 9.17) is 9.84 Å². The van der Waals surface area contributed by atoms with Crippen LogP contribution in [-0.4, -0.2) is 45.9 Å². The third-order valence-corrected chi connectivity index (χ3v) is 3.96. The minimum absolute atomic E-state index is 0.0460. The largest absolute Gasteiger partial charge is 0.435 e. The molecular weight excluding hydrogens is 406 g/mol. The molecule has 3 aromatic rings. The third-order valence-electron chi connectivity index (χ3n) is 3.96. The Hall–Kier alpha value is -3.47. The van der Waals surface area contributed by atoms with E-state index in [1.165, 1.54) is 30.6 Å². The van der Waals surface area contributed by atoms with Gasteiger partial charge in [0.05, 0.1) is 16.9 Å². The fourth-order valence-electron chi connectivity index (χ4n) is 2.45. The first-order valence-corrected chi connectivity index (χ1v) is 8.71. The summed E-state index contributed by atoms with van der Waals surface area (Å²) in [4.78, 5) is 12.4. The van der Waals surface area contributed by atoms with Crippen LogP contribution in [0.2, 0.25) is 0 Å². The van der Waals surface area contributed by atoms with E-state index in [1.807, 2.05) is 0 Å². The Balaban J connectivity index is 1.85. The van der Waals surface area contributed by atoms with Crippen molar-refractivity contribution >= 4 is 11.6 Å². The molecule has 0 spiro atoms. The number of alkyl halides is 3. The van der Waals surface area contributed by atoms with Crippen molar-refractivity contribution in [3.05, 3.63) is 54.6 Å². The van der Waals surface area contributed by atoms with Crippen LogP contribution in [0.15, 0.2) is 48.8 Å². The quantitative estimate of drug-likeness (QED) is 0.497. The molecule has 0 saturated carbocycles. The summed E-state index contributed by atoms with van der Waals surface area (Å²) in [5, 5.41) is 14.1. The first-order valence-electron chi connectivity index (χ1n) is 8.71. The molecule has 7 nitrogen and oxygen atoms in total. The third kappa shape index (κ3) is 4.92. The van der Waals surface area contributed by atoms with Crippen molar-refractivity contribution in [3.8, 4) is 22.9 Å². The lowest BCUT2D eigenvalue weighted by molar-refractivity contribution is -0.198. The summed E-state index contributed by atoms with van der Waals surface area (Å²) in [5.41, 5.74) is 0.676. The van der Waals surface area contributed by atoms with Gasteiger partial charge in [0.15, 0.2) is 17.7 Å². The van der Waals surface area contributed by atoms with Crippen molar-refractivity contribution < 1.29 is 27.4 Å². The Labute approximate surface area is 168 Å². The molecule has 0 aliphatic heterocycles. The lowest BCUT2D eigenvalue weighted by Crippen LogP contribution is -2.35. The molecule has 0 fully saturated rings. The molecule has 11 heteroatoms. The Bertz CT molecular complexity index is 1020. The summed E-state index contributed by atoms with van der Waals surface area (Å²) in [6.45, 7) is -0.910. The number of halogens is 4. The molecule has 2 heterocycles. The lowest BCUT2D eigenvalue weighted by Gasteiger charge is -2.17. The average molecular weight is 423 g/mol. The van der Waals surface area contributed by atoms with Crippen molar-refractivity contribution in [2.75, 3.05) is 24.2 Å². The zero-order valence-electron chi connectivity index (χ0n) is 15.6. The normalized spacial score (nSPS) is 12.3. The highest BCUT2D eigenvalue weighted by Crippen LogP contribution is 2.33. The predicted molar refractivity (Wildman–Crippen MR) is 102 cm³/mol. The SMILES string of the molecule is CNc1nccc(-c2cccnc2Oc2cccc(NCC(O)C(F)(F)F)c2F)n1. The highest BCUT2D eigenvalue weighted by molar-refractivity contribution is 5.66. The van der Waals surface area contributed by atoms with Crippen LogP contribution >= 0.6 is 0 Å². The van der Waals surface area contributed by atoms with E-state index in [9.17, 15) is 17.6 Å². The van der Waals surface area contributed by atoms with Crippen LogP contribution in [0.3, 0.4) is 0 Å². The number of aromatic nitrogens is 3. The lowest BCUT2D eigenvalue weighted by atomic mass is 10.2. The van der Waals surface area contributed by atoms with E-state index < -0.39 is 24.6 Å². The number of aliphatic hydroxyl groups is 1. The maximum atomic E-state index is 14.7. The molecule has 0 bridgehead atoms. The highest BCUT2D eigenvalue weighted by atomic mass is 19.4. The zero-order valence-corrected chi connectivity index (χ0v) is 15.6. The van der Waals surface area contributed by atoms with Gasteiger partial charge in [-0.15, -0.1) is 0 Å². The molecule has 0 radical (unpaired) electrons. The second-order valence-electron chi connectivity index (χ2n) is 6.03. The van der Waals surface area contributed by atoms with Crippen LogP contribution < -0.4 is 15.4 Å². The second-order valence-corrected chi connectivity index (χ2v) is 6.03. The molecule has 0 amide bonds. The number of nitrogens with one attached hydrogen (secondary N) is 2. The van der Waals surface area contributed by atoms with Gasteiger partial charge in [-0.25, -0.2) is 19.3 Å². The van der Waals surface area contributed by atoms with Crippen LogP contribution in [0.25, 0.3) is 11.3 Å². The number of rotatable bonds is 7. The molecule has 30 heavy (non-hydrogen) atoms. The first-order chi connectivity index (χ1) is 14.3. The molecule has 0 aliphatic carbocycles. The Morgan fingerprint density at radius 2 is 1.90 bits per heavy atom. The summed E-state index contributed by atoms with van der Waals surface area (Å²) in [7, 11) is 1.66. The number of benzene rings is 1. The van der Waals surface area contributed by atoms with Gasteiger partial charge < -0.3 is 20.5 Å². The van der Waals surface area contributed by atoms with Gasteiger partial charge in [0.1, 0.15) is 0 Å². The van der Waals surface area contributed by atoms with E-state index in [-0.39, 0.29) is 17.3 Å². The predicted octanol–water partition coefficient (Wildman–Crippen LogP) is 3.85. The molecule has 0 aliphatic rings. The van der Waals surface area contributed by atoms with Gasteiger partial charge in [0.2, 0.25) is 11.8 Å². The van der Waals surface area contributed by atoms with Gasteiger partial charge in [0, 0.05) is 26.0 Å². The topological polar surface area (TPSA) is 92.2 Å². The van der Waals surface area contributed by atoms with Crippen LogP contribution in [0.5, 0.6) is 11.6 Å². The number of pyridine rings is 1. The Morgan fingerprint density at radius 3 is 2.63 bits per heavy atom. The van der Waals surface area contributed by atoms with Gasteiger partial charge >= 0.3 is 6.18 Å². The molecule has 158 valence electrons. The molecule has 3 N–H and O–H groups in total. The summed E-state index contributed by atoms with van der Waals surface area (Å²) in [6, 6.07) is 8.87. The van der Waals surface area contributed by atoms with Crippen LogP contribution in [0.4, 0.5) is 29.2 Å². The molecule has 1 aromatic carbocycles. The van der Waals surface area contributed by atoms with Gasteiger partial charge in [-0.3, -0.25) is 0 Å². The number of aliphatic hydroxyl groups excluding tert-OH is 1. The van der Waals surface area contributed by atoms with E-state index in [0.717, 1.165) is 0 Å². The molecule has 0 saturated heterocycles. The van der Waals surface area contributed by atoms with E-state index in [2.05, 4.69) is 25.6 Å². The minimum atomic E-state index is -4.82. The van der Waals surface area contributed by atoms with Crippen molar-refractivity contribution in [1.82, 2.24) is 15.0 Å². The van der Waals surface area contributed by atoms with Crippen molar-refractivity contribution in [1.29, 1.82) is 0 Å². The smallest absolute Gasteiger partial charge is 0.416 e. The zero-order chi connectivity index (χ0) is 21.7. The van der Waals surface area contributed by atoms with Crippen molar-refractivity contribution in [2.24, 2.45) is 0 Å². The first kappa shape index (κ1) is 21.2. The number of nitrogens with zero attached hydrogens (tertiary/aromatic N) is 3. The number of anilines is 2. The van der Waals surface area contributed by atoms with Crippen LogP contribution in [0.1, 0.15) is 0 Å². The van der Waals surface area contributed by atoms with Gasteiger partial charge in [-0.1, -0.05) is 6.07 Å². The Morgan fingerprint density at radius 1 is 1.10 bits per heavy atom. The van der Waals surface area contributed by atoms with Crippen LogP contribution in [0, 0.1) is 5.82 Å². The minimum Gasteiger partial charge on any atom is -0.435 e. The second kappa shape index (κ2) is 8.91. The van der Waals surface area contributed by atoms with Crippen molar-refractivity contribution in [2.45, 2.75) is 12.3 Å². The standard InChI is InChI=1S/C19H17F4N5O2/c1-24-18-26-9-7-12(28-18)11-4-3-8-25-17(11)30-14-6-2-5-13(16(14)20)27-10-15(29)19(21,22)23/h2-9,15,27,29H,10H2,1H3,(H,24,26,28). The number of ether oxygens (including phenoxy) is 1. The molecule has 2 aromatic heterocycles. The number of hydrogen-bond donors (Lipinski definition) is 3. The highest BCUT2D eigenvalue weighted by Gasteiger charge is 2.38. The summed E-state index contributed by atoms with van der Waals surface area (Å²) in [6.07, 6.45) is -4.48. The molecular formula is C19H17F4N5O2. The maximum absolute atomic E-state index is 14.7. The number of hydrogen-bond acceptors (Lipinski definition) is 7. The fourth-order valence-corrected chi connectivity index (χ4v) is 2.45. The van der Waals surface area contributed by atoms with Gasteiger partial charge in [-0.2, -0.15) is 13.2 Å². The van der Waals surface area contributed by atoms with E-state index >= 15 is 0 Å². The average Bonchev–Trinajstić information content (AvgIpc) is 2.74. The monoisotopic (exact) mass is 423 g/mol. The van der Waals surface area contributed by atoms with E-state index in [1.54, 1.807) is 25.2 Å². The summed E-state index contributed by atoms with van der Waals surface area (Å²) in [5.74, 6) is -0.779. The van der Waals surface area contributed by atoms with Gasteiger partial charge in [0.25, 0.3) is 0 Å². The fraction of sp³-hybridized carbons (Fsp3) is 0.211. The maximum Gasteiger partial charge on any atom is 0.416 e. The van der Waals surface area contributed by atoms with Gasteiger partial charge in [-0.05, 0) is 30.3 Å². The summed E-state index contributed by atoms with van der Waals surface area (Å²) >= 11 is 0. The summed E-state index contributed by atoms with van der Waals surface area (Å²) < 4.78 is 57.7. The Kier molecular flexibility index (Phi) is 6.31. The molecule has 1 unspecified atom stereocenters. The van der Waals surface area contributed by atoms with E-state index in [0.29, 0.717) is 17.2 Å². The molecule has 1 atom stereocenters.